The normalized spacial score (nSPS) is 32.0. The number of methoxy groups -OCH3 is 1. The van der Waals surface area contributed by atoms with Crippen LogP contribution in [0.1, 0.15) is 25.7 Å². The molecule has 1 N–H and O–H groups in total. The maximum Gasteiger partial charge on any atom is 0.227 e. The Balaban J connectivity index is 1.78. The minimum atomic E-state index is 0.228. The van der Waals surface area contributed by atoms with Gasteiger partial charge in [-0.05, 0) is 25.7 Å². The van der Waals surface area contributed by atoms with E-state index >= 15 is 0 Å². The van der Waals surface area contributed by atoms with Crippen molar-refractivity contribution in [2.75, 3.05) is 27.3 Å². The molecule has 0 aromatic heterocycles. The molecule has 1 amide bonds. The third-order valence-corrected chi connectivity index (χ3v) is 3.84. The fourth-order valence-electron chi connectivity index (χ4n) is 2.94. The van der Waals surface area contributed by atoms with Crippen molar-refractivity contribution in [2.24, 2.45) is 5.92 Å². The second-order valence-electron chi connectivity index (χ2n) is 5.00. The Hall–Kier alpha value is -0.610. The zero-order chi connectivity index (χ0) is 11.5. The number of nitrogens with zero attached hydrogens (tertiary/aromatic N) is 1. The summed E-state index contributed by atoms with van der Waals surface area (Å²) in [6.07, 6.45) is 4.39. The minimum Gasteiger partial charge on any atom is -0.385 e. The van der Waals surface area contributed by atoms with Gasteiger partial charge in [0.1, 0.15) is 0 Å². The van der Waals surface area contributed by atoms with Gasteiger partial charge in [-0.3, -0.25) is 4.79 Å². The molecule has 2 saturated heterocycles. The molecular formula is C12H22N2O2. The van der Waals surface area contributed by atoms with Crippen LogP contribution >= 0.6 is 0 Å². The third kappa shape index (κ3) is 2.38. The highest BCUT2D eigenvalue weighted by Gasteiger charge is 2.43. The lowest BCUT2D eigenvalue weighted by Crippen LogP contribution is -2.39. The van der Waals surface area contributed by atoms with E-state index in [1.165, 1.54) is 12.8 Å². The van der Waals surface area contributed by atoms with Gasteiger partial charge in [0, 0.05) is 39.4 Å². The van der Waals surface area contributed by atoms with E-state index in [1.54, 1.807) is 7.11 Å². The van der Waals surface area contributed by atoms with Gasteiger partial charge in [0.25, 0.3) is 0 Å². The molecule has 4 heteroatoms. The first-order chi connectivity index (χ1) is 7.72. The predicted molar refractivity (Wildman–Crippen MR) is 62.2 cm³/mol. The molecule has 3 unspecified atom stereocenters. The highest BCUT2D eigenvalue weighted by Crippen LogP contribution is 2.34. The number of hydrogen-bond acceptors (Lipinski definition) is 3. The molecule has 2 aliphatic heterocycles. The fourth-order valence-corrected chi connectivity index (χ4v) is 2.94. The van der Waals surface area contributed by atoms with Crippen LogP contribution < -0.4 is 5.32 Å². The second-order valence-corrected chi connectivity index (χ2v) is 5.00. The van der Waals surface area contributed by atoms with Crippen molar-refractivity contribution in [1.29, 1.82) is 0 Å². The van der Waals surface area contributed by atoms with E-state index in [0.29, 0.717) is 18.0 Å². The van der Waals surface area contributed by atoms with Gasteiger partial charge >= 0.3 is 0 Å². The molecule has 0 spiro atoms. The standard InChI is InChI=1S/C12H22N2O2/c1-14(6-3-7-16-2)12(15)10-8-9-4-5-11(10)13-9/h9-11,13H,3-8H2,1-2H3. The van der Waals surface area contributed by atoms with Gasteiger partial charge < -0.3 is 15.0 Å². The van der Waals surface area contributed by atoms with Gasteiger partial charge in [-0.15, -0.1) is 0 Å². The number of hydrogen-bond donors (Lipinski definition) is 1. The van der Waals surface area contributed by atoms with E-state index in [-0.39, 0.29) is 5.92 Å². The Kier molecular flexibility index (Phi) is 3.82. The van der Waals surface area contributed by atoms with Gasteiger partial charge in [-0.25, -0.2) is 0 Å². The Morgan fingerprint density at radius 1 is 1.50 bits per heavy atom. The van der Waals surface area contributed by atoms with Crippen molar-refractivity contribution in [3.63, 3.8) is 0 Å². The molecule has 2 fully saturated rings. The number of nitrogens with one attached hydrogen (secondary N) is 1. The number of ether oxygens (including phenoxy) is 1. The smallest absolute Gasteiger partial charge is 0.227 e. The molecule has 3 atom stereocenters. The maximum absolute atomic E-state index is 12.2. The molecule has 0 saturated carbocycles. The lowest BCUT2D eigenvalue weighted by atomic mass is 9.88. The summed E-state index contributed by atoms with van der Waals surface area (Å²) in [5.74, 6) is 0.544. The molecule has 2 heterocycles. The van der Waals surface area contributed by atoms with Gasteiger partial charge in [0.05, 0.1) is 5.92 Å². The molecule has 0 radical (unpaired) electrons. The Bertz CT molecular complexity index is 257. The molecule has 2 rings (SSSR count). The molecule has 92 valence electrons. The number of carbonyl (C=O) groups is 1. The lowest BCUT2D eigenvalue weighted by Gasteiger charge is -2.25. The zero-order valence-electron chi connectivity index (χ0n) is 10.2. The molecule has 0 aromatic rings. The van der Waals surface area contributed by atoms with E-state index in [2.05, 4.69) is 5.32 Å². The Morgan fingerprint density at radius 3 is 2.88 bits per heavy atom. The monoisotopic (exact) mass is 226 g/mol. The summed E-state index contributed by atoms with van der Waals surface area (Å²) in [5.41, 5.74) is 0. The fraction of sp³-hybridized carbons (Fsp3) is 0.917. The van der Waals surface area contributed by atoms with Crippen molar-refractivity contribution in [3.05, 3.63) is 0 Å². The third-order valence-electron chi connectivity index (χ3n) is 3.84. The van der Waals surface area contributed by atoms with Gasteiger partial charge in [0.15, 0.2) is 0 Å². The van der Waals surface area contributed by atoms with Crippen LogP contribution in [0.15, 0.2) is 0 Å². The number of carbonyl (C=O) groups excluding carboxylic acids is 1. The second kappa shape index (κ2) is 5.15. The van der Waals surface area contributed by atoms with Crippen molar-refractivity contribution in [2.45, 2.75) is 37.8 Å². The summed E-state index contributed by atoms with van der Waals surface area (Å²) in [6, 6.07) is 1.05. The first-order valence-corrected chi connectivity index (χ1v) is 6.22. The van der Waals surface area contributed by atoms with Crippen LogP contribution in [-0.4, -0.2) is 50.2 Å². The van der Waals surface area contributed by atoms with E-state index in [4.69, 9.17) is 4.74 Å². The molecule has 0 aromatic carbocycles. The minimum absolute atomic E-state index is 0.228. The van der Waals surface area contributed by atoms with Gasteiger partial charge in [0.2, 0.25) is 5.91 Å². The van der Waals surface area contributed by atoms with Crippen LogP contribution in [-0.2, 0) is 9.53 Å². The van der Waals surface area contributed by atoms with Gasteiger partial charge in [-0.1, -0.05) is 0 Å². The molecule has 16 heavy (non-hydrogen) atoms. The van der Waals surface area contributed by atoms with Crippen molar-refractivity contribution in [3.8, 4) is 0 Å². The molecule has 0 aliphatic carbocycles. The summed E-state index contributed by atoms with van der Waals surface area (Å²) in [5, 5.41) is 3.51. The van der Waals surface area contributed by atoms with Crippen molar-refractivity contribution < 1.29 is 9.53 Å². The number of amides is 1. The SMILES string of the molecule is COCCCN(C)C(=O)C1CC2CCC1N2. The van der Waals surface area contributed by atoms with Gasteiger partial charge in [-0.2, -0.15) is 0 Å². The lowest BCUT2D eigenvalue weighted by molar-refractivity contribution is -0.134. The Morgan fingerprint density at radius 2 is 2.31 bits per heavy atom. The highest BCUT2D eigenvalue weighted by atomic mass is 16.5. The average molecular weight is 226 g/mol. The average Bonchev–Trinajstić information content (AvgIpc) is 2.90. The van der Waals surface area contributed by atoms with E-state index in [9.17, 15) is 4.79 Å². The first-order valence-electron chi connectivity index (χ1n) is 6.22. The number of rotatable bonds is 5. The highest BCUT2D eigenvalue weighted by molar-refractivity contribution is 5.80. The summed E-state index contributed by atoms with van der Waals surface area (Å²) in [7, 11) is 3.60. The van der Waals surface area contributed by atoms with E-state index in [1.807, 2.05) is 11.9 Å². The van der Waals surface area contributed by atoms with Crippen molar-refractivity contribution in [1.82, 2.24) is 10.2 Å². The predicted octanol–water partition coefficient (Wildman–Crippen LogP) is 0.622. The summed E-state index contributed by atoms with van der Waals surface area (Å²) < 4.78 is 5.00. The summed E-state index contributed by atoms with van der Waals surface area (Å²) >= 11 is 0. The summed E-state index contributed by atoms with van der Waals surface area (Å²) in [4.78, 5) is 14.0. The topological polar surface area (TPSA) is 41.6 Å². The van der Waals surface area contributed by atoms with Crippen LogP contribution in [0.4, 0.5) is 0 Å². The van der Waals surface area contributed by atoms with Crippen LogP contribution in [0.2, 0.25) is 0 Å². The van der Waals surface area contributed by atoms with E-state index < -0.39 is 0 Å². The van der Waals surface area contributed by atoms with E-state index in [0.717, 1.165) is 26.0 Å². The first kappa shape index (κ1) is 11.9. The molecule has 2 bridgehead atoms. The molecule has 2 aliphatic rings. The Labute approximate surface area is 97.3 Å². The molecule has 4 nitrogen and oxygen atoms in total. The zero-order valence-corrected chi connectivity index (χ0v) is 10.2. The van der Waals surface area contributed by atoms with Crippen LogP contribution in [0.5, 0.6) is 0 Å². The largest absolute Gasteiger partial charge is 0.385 e. The maximum atomic E-state index is 12.2. The quantitative estimate of drug-likeness (QED) is 0.699. The summed E-state index contributed by atoms with van der Waals surface area (Å²) in [6.45, 7) is 1.53. The molecular weight excluding hydrogens is 204 g/mol. The number of fused-ring (bicyclic) bond motifs is 2. The van der Waals surface area contributed by atoms with Crippen LogP contribution in [0.25, 0.3) is 0 Å². The van der Waals surface area contributed by atoms with Crippen molar-refractivity contribution >= 4 is 5.91 Å². The van der Waals surface area contributed by atoms with Crippen LogP contribution in [0, 0.1) is 5.92 Å². The van der Waals surface area contributed by atoms with Crippen LogP contribution in [0.3, 0.4) is 0 Å².